The Morgan fingerprint density at radius 3 is 2.95 bits per heavy atom. The van der Waals surface area contributed by atoms with Crippen molar-refractivity contribution >= 4 is 35.0 Å². The largest absolute Gasteiger partial charge is 0.416 e. The molecule has 1 atom stereocenters. The van der Waals surface area contributed by atoms with Gasteiger partial charge in [0, 0.05) is 10.9 Å². The van der Waals surface area contributed by atoms with E-state index in [4.69, 9.17) is 16.0 Å². The van der Waals surface area contributed by atoms with E-state index in [-0.39, 0.29) is 16.6 Å². The number of aromatic nitrogens is 2. The van der Waals surface area contributed by atoms with Crippen LogP contribution in [0, 0.1) is 5.82 Å². The van der Waals surface area contributed by atoms with Crippen molar-refractivity contribution in [3.63, 3.8) is 0 Å². The zero-order chi connectivity index (χ0) is 15.7. The van der Waals surface area contributed by atoms with Gasteiger partial charge in [0.1, 0.15) is 5.82 Å². The number of nitrogens with one attached hydrogen (secondary N) is 1. The van der Waals surface area contributed by atoms with Gasteiger partial charge in [0.15, 0.2) is 0 Å². The molecule has 1 fully saturated rings. The normalized spacial score (nSPS) is 15.6. The topological polar surface area (TPSA) is 68.0 Å². The van der Waals surface area contributed by atoms with Crippen LogP contribution in [0.2, 0.25) is 5.02 Å². The maximum absolute atomic E-state index is 13.7. The lowest BCUT2D eigenvalue weighted by atomic mass is 10.3. The van der Waals surface area contributed by atoms with Crippen molar-refractivity contribution < 1.29 is 13.6 Å². The SMILES string of the molecule is C[C@@H](Sc1nnc(C2CC2)o1)C(=O)Nc1ccc(Cl)cc1F. The van der Waals surface area contributed by atoms with Crippen LogP contribution >= 0.6 is 23.4 Å². The summed E-state index contributed by atoms with van der Waals surface area (Å²) in [7, 11) is 0. The van der Waals surface area contributed by atoms with Gasteiger partial charge < -0.3 is 9.73 Å². The lowest BCUT2D eigenvalue weighted by Gasteiger charge is -2.10. The number of hydrogen-bond donors (Lipinski definition) is 1. The molecule has 0 unspecified atom stereocenters. The fraction of sp³-hybridized carbons (Fsp3) is 0.357. The Hall–Kier alpha value is -1.60. The Bertz CT molecular complexity index is 705. The molecule has 0 radical (unpaired) electrons. The van der Waals surface area contributed by atoms with Crippen LogP contribution in [-0.2, 0) is 4.79 Å². The van der Waals surface area contributed by atoms with Crippen LogP contribution in [0.1, 0.15) is 31.6 Å². The highest BCUT2D eigenvalue weighted by atomic mass is 35.5. The van der Waals surface area contributed by atoms with Gasteiger partial charge in [0.25, 0.3) is 5.22 Å². The number of hydrogen-bond acceptors (Lipinski definition) is 5. The van der Waals surface area contributed by atoms with Gasteiger partial charge in [-0.3, -0.25) is 4.79 Å². The highest BCUT2D eigenvalue weighted by molar-refractivity contribution is 8.00. The van der Waals surface area contributed by atoms with E-state index < -0.39 is 11.1 Å². The highest BCUT2D eigenvalue weighted by Gasteiger charge is 2.30. The van der Waals surface area contributed by atoms with Gasteiger partial charge in [0.05, 0.1) is 10.9 Å². The van der Waals surface area contributed by atoms with Crippen LogP contribution in [-0.4, -0.2) is 21.4 Å². The Morgan fingerprint density at radius 2 is 2.27 bits per heavy atom. The summed E-state index contributed by atoms with van der Waals surface area (Å²) in [5.41, 5.74) is 0.0889. The summed E-state index contributed by atoms with van der Waals surface area (Å²) in [6.07, 6.45) is 2.14. The molecule has 1 aromatic carbocycles. The first-order valence-corrected chi connectivity index (χ1v) is 8.04. The van der Waals surface area contributed by atoms with Crippen molar-refractivity contribution in [2.45, 2.75) is 36.2 Å². The van der Waals surface area contributed by atoms with Crippen LogP contribution in [0.3, 0.4) is 0 Å². The minimum atomic E-state index is -0.577. The third kappa shape index (κ3) is 3.59. The molecule has 2 aromatic rings. The summed E-state index contributed by atoms with van der Waals surface area (Å²) in [6.45, 7) is 1.69. The van der Waals surface area contributed by atoms with Crippen LogP contribution in [0.4, 0.5) is 10.1 Å². The van der Waals surface area contributed by atoms with E-state index in [1.54, 1.807) is 6.92 Å². The van der Waals surface area contributed by atoms with Crippen LogP contribution in [0.25, 0.3) is 0 Å². The van der Waals surface area contributed by atoms with E-state index in [0.29, 0.717) is 17.0 Å². The minimum Gasteiger partial charge on any atom is -0.416 e. The molecule has 0 aliphatic heterocycles. The molecule has 1 aliphatic carbocycles. The summed E-state index contributed by atoms with van der Waals surface area (Å²) in [6, 6.07) is 4.08. The molecule has 1 heterocycles. The fourth-order valence-electron chi connectivity index (χ4n) is 1.79. The van der Waals surface area contributed by atoms with E-state index in [2.05, 4.69) is 15.5 Å². The second kappa shape index (κ2) is 6.26. The number of carbonyl (C=O) groups excluding carboxylic acids is 1. The molecule has 5 nitrogen and oxygen atoms in total. The standard InChI is InChI=1S/C14H13ClFN3O2S/c1-7(22-14-19-18-13(21-14)8-2-3-8)12(20)17-11-5-4-9(15)6-10(11)16/h4-8H,2-3H2,1H3,(H,17,20)/t7-/m1/s1. The van der Waals surface area contributed by atoms with E-state index in [1.807, 2.05) is 0 Å². The fourth-order valence-corrected chi connectivity index (χ4v) is 2.64. The number of rotatable bonds is 5. The first-order chi connectivity index (χ1) is 10.5. The van der Waals surface area contributed by atoms with Crippen molar-refractivity contribution in [3.05, 3.63) is 34.9 Å². The second-order valence-electron chi connectivity index (χ2n) is 5.05. The van der Waals surface area contributed by atoms with Crippen molar-refractivity contribution in [2.75, 3.05) is 5.32 Å². The molecule has 0 bridgehead atoms. The van der Waals surface area contributed by atoms with Crippen molar-refractivity contribution in [1.82, 2.24) is 10.2 Å². The van der Waals surface area contributed by atoms with Gasteiger partial charge in [-0.1, -0.05) is 23.4 Å². The first-order valence-electron chi connectivity index (χ1n) is 6.79. The van der Waals surface area contributed by atoms with Crippen LogP contribution in [0.5, 0.6) is 0 Å². The summed E-state index contributed by atoms with van der Waals surface area (Å²) < 4.78 is 19.1. The summed E-state index contributed by atoms with van der Waals surface area (Å²) in [4.78, 5) is 12.1. The van der Waals surface area contributed by atoms with E-state index >= 15 is 0 Å². The van der Waals surface area contributed by atoms with Crippen LogP contribution < -0.4 is 5.32 Å². The smallest absolute Gasteiger partial charge is 0.277 e. The number of carbonyl (C=O) groups is 1. The minimum absolute atomic E-state index is 0.0889. The van der Waals surface area contributed by atoms with Gasteiger partial charge in [-0.15, -0.1) is 10.2 Å². The van der Waals surface area contributed by atoms with Crippen molar-refractivity contribution in [1.29, 1.82) is 0 Å². The van der Waals surface area contributed by atoms with Gasteiger partial charge in [0.2, 0.25) is 11.8 Å². The zero-order valence-electron chi connectivity index (χ0n) is 11.7. The molecule has 22 heavy (non-hydrogen) atoms. The molecule has 1 N–H and O–H groups in total. The van der Waals surface area contributed by atoms with E-state index in [1.165, 1.54) is 12.1 Å². The number of amides is 1. The molecule has 8 heteroatoms. The average Bonchev–Trinajstić information content (AvgIpc) is 3.22. The molecular weight excluding hydrogens is 329 g/mol. The second-order valence-corrected chi connectivity index (χ2v) is 6.78. The molecule has 1 saturated carbocycles. The number of benzene rings is 1. The lowest BCUT2D eigenvalue weighted by molar-refractivity contribution is -0.115. The number of thioether (sulfide) groups is 1. The molecular formula is C14H13ClFN3O2S. The van der Waals surface area contributed by atoms with Gasteiger partial charge in [-0.2, -0.15) is 0 Å². The maximum Gasteiger partial charge on any atom is 0.277 e. The monoisotopic (exact) mass is 341 g/mol. The average molecular weight is 342 g/mol. The van der Waals surface area contributed by atoms with Crippen molar-refractivity contribution in [3.8, 4) is 0 Å². The molecule has 1 aromatic heterocycles. The lowest BCUT2D eigenvalue weighted by Crippen LogP contribution is -2.23. The highest BCUT2D eigenvalue weighted by Crippen LogP contribution is 2.40. The van der Waals surface area contributed by atoms with Crippen molar-refractivity contribution in [2.24, 2.45) is 0 Å². The number of anilines is 1. The first kappa shape index (κ1) is 15.3. The van der Waals surface area contributed by atoms with Gasteiger partial charge in [-0.25, -0.2) is 4.39 Å². The Morgan fingerprint density at radius 1 is 1.50 bits per heavy atom. The third-order valence-electron chi connectivity index (χ3n) is 3.18. The zero-order valence-corrected chi connectivity index (χ0v) is 13.2. The Labute approximate surface area is 135 Å². The Balaban J connectivity index is 1.60. The molecule has 3 rings (SSSR count). The van der Waals surface area contributed by atoms with Crippen LogP contribution in [0.15, 0.2) is 27.8 Å². The molecule has 1 aliphatic rings. The number of halogens is 2. The quantitative estimate of drug-likeness (QED) is 0.836. The van der Waals surface area contributed by atoms with Gasteiger partial charge >= 0.3 is 0 Å². The van der Waals surface area contributed by atoms with E-state index in [0.717, 1.165) is 30.7 Å². The predicted molar refractivity (Wildman–Crippen MR) is 81.6 cm³/mol. The molecule has 0 spiro atoms. The third-order valence-corrected chi connectivity index (χ3v) is 4.35. The Kier molecular flexibility index (Phi) is 4.35. The molecule has 0 saturated heterocycles. The molecule has 1 amide bonds. The van der Waals surface area contributed by atoms with Gasteiger partial charge in [-0.05, 0) is 38.0 Å². The van der Waals surface area contributed by atoms with E-state index in [9.17, 15) is 9.18 Å². The summed E-state index contributed by atoms with van der Waals surface area (Å²) >= 11 is 6.82. The summed E-state index contributed by atoms with van der Waals surface area (Å²) in [5.74, 6) is 0.0669. The maximum atomic E-state index is 13.7. The summed E-state index contributed by atoms with van der Waals surface area (Å²) in [5, 5.41) is 10.5. The number of nitrogens with zero attached hydrogens (tertiary/aromatic N) is 2. The molecule has 116 valence electrons. The predicted octanol–water partition coefficient (Wildman–Crippen LogP) is 3.86.